The Hall–Kier alpha value is 0.700. The maximum absolute atomic E-state index is 4.60. The molecule has 0 aromatic rings. The van der Waals surface area contributed by atoms with Gasteiger partial charge in [0.25, 0.3) is 0 Å². The van der Waals surface area contributed by atoms with E-state index in [4.69, 9.17) is 0 Å². The molecule has 1 aliphatic carbocycles. The molecule has 0 N–H and O–H groups in total. The molecule has 0 bridgehead atoms. The highest BCUT2D eigenvalue weighted by molar-refractivity contribution is 7.85. The molecule has 14 heavy (non-hydrogen) atoms. The second-order valence-corrected chi connectivity index (χ2v) is 5.99. The van der Waals surface area contributed by atoms with Crippen LogP contribution in [-0.2, 0) is 0 Å². The summed E-state index contributed by atoms with van der Waals surface area (Å²) in [6.45, 7) is 2.27. The third-order valence-electron chi connectivity index (χ3n) is 3.36. The Balaban J connectivity index is 2.07. The van der Waals surface area contributed by atoms with Crippen molar-refractivity contribution in [1.29, 1.82) is 0 Å². The Bertz CT molecular complexity index is 147. The minimum absolute atomic E-state index is 0.545. The molecule has 0 aromatic heterocycles. The highest BCUT2D eigenvalue weighted by Gasteiger charge is 2.25. The van der Waals surface area contributed by atoms with E-state index in [1.165, 1.54) is 51.4 Å². The van der Waals surface area contributed by atoms with E-state index >= 15 is 0 Å². The van der Waals surface area contributed by atoms with Crippen molar-refractivity contribution in [3.63, 3.8) is 0 Å². The van der Waals surface area contributed by atoms with E-state index in [1.54, 1.807) is 0 Å². The first-order valence-corrected chi connectivity index (χ1v) is 7.13. The summed E-state index contributed by atoms with van der Waals surface area (Å²) in [5, 5.41) is 1.09. The van der Waals surface area contributed by atoms with Crippen LogP contribution in [0.15, 0.2) is 0 Å². The van der Waals surface area contributed by atoms with Crippen LogP contribution in [0.3, 0.4) is 0 Å². The van der Waals surface area contributed by atoms with Gasteiger partial charge in [0.05, 0.1) is 0 Å². The van der Waals surface area contributed by atoms with Crippen LogP contribution < -0.4 is 0 Å². The van der Waals surface area contributed by atoms with Crippen molar-refractivity contribution >= 4 is 25.3 Å². The van der Waals surface area contributed by atoms with Crippen molar-refractivity contribution in [3.05, 3.63) is 0 Å². The molecule has 0 heterocycles. The first-order valence-electron chi connectivity index (χ1n) is 6.10. The zero-order valence-corrected chi connectivity index (χ0v) is 11.1. The number of unbranched alkanes of at least 4 members (excludes halogenated alkanes) is 3. The van der Waals surface area contributed by atoms with Crippen LogP contribution in [0.1, 0.15) is 58.3 Å². The van der Waals surface area contributed by atoms with E-state index < -0.39 is 0 Å². The molecule has 0 aromatic carbocycles. The van der Waals surface area contributed by atoms with Gasteiger partial charge in [0.15, 0.2) is 0 Å². The van der Waals surface area contributed by atoms with Gasteiger partial charge in [-0.2, -0.15) is 25.3 Å². The molecule has 0 amide bonds. The van der Waals surface area contributed by atoms with Crippen molar-refractivity contribution in [2.45, 2.75) is 68.8 Å². The van der Waals surface area contributed by atoms with E-state index in [2.05, 4.69) is 32.2 Å². The lowest BCUT2D eigenvalue weighted by Gasteiger charge is -2.30. The van der Waals surface area contributed by atoms with Crippen LogP contribution in [0.25, 0.3) is 0 Å². The average molecular weight is 232 g/mol. The van der Waals surface area contributed by atoms with E-state index in [0.29, 0.717) is 10.5 Å². The minimum Gasteiger partial charge on any atom is -0.175 e. The molecule has 0 radical (unpaired) electrons. The molecule has 1 rings (SSSR count). The van der Waals surface area contributed by atoms with Crippen molar-refractivity contribution < 1.29 is 0 Å². The summed E-state index contributed by atoms with van der Waals surface area (Å²) < 4.78 is 0. The quantitative estimate of drug-likeness (QED) is 0.511. The SMILES string of the molecule is CCCCCCC1CCC(S)C(S)C1. The predicted molar refractivity (Wildman–Crippen MR) is 71.6 cm³/mol. The van der Waals surface area contributed by atoms with Gasteiger partial charge in [-0.25, -0.2) is 0 Å². The predicted octanol–water partition coefficient (Wildman–Crippen LogP) is 4.35. The number of thiol groups is 2. The third-order valence-corrected chi connectivity index (χ3v) is 4.78. The lowest BCUT2D eigenvalue weighted by atomic mass is 9.85. The summed E-state index contributed by atoms with van der Waals surface area (Å²) in [6, 6.07) is 0. The first kappa shape index (κ1) is 12.8. The van der Waals surface area contributed by atoms with Crippen LogP contribution in [0.4, 0.5) is 0 Å². The second kappa shape index (κ2) is 7.05. The second-order valence-electron chi connectivity index (χ2n) is 4.66. The molecular weight excluding hydrogens is 208 g/mol. The van der Waals surface area contributed by atoms with E-state index in [9.17, 15) is 0 Å². The highest BCUT2D eigenvalue weighted by atomic mass is 32.1. The average Bonchev–Trinajstić information content (AvgIpc) is 2.18. The normalized spacial score (nSPS) is 33.2. The number of hydrogen-bond acceptors (Lipinski definition) is 2. The van der Waals surface area contributed by atoms with Crippen molar-refractivity contribution in [3.8, 4) is 0 Å². The third kappa shape index (κ3) is 4.48. The fraction of sp³-hybridized carbons (Fsp3) is 1.00. The zero-order valence-electron chi connectivity index (χ0n) is 9.28. The minimum atomic E-state index is 0.545. The van der Waals surface area contributed by atoms with Crippen molar-refractivity contribution in [2.75, 3.05) is 0 Å². The molecule has 0 nitrogen and oxygen atoms in total. The van der Waals surface area contributed by atoms with Crippen LogP contribution in [0.5, 0.6) is 0 Å². The van der Waals surface area contributed by atoms with E-state index in [-0.39, 0.29) is 0 Å². The Morgan fingerprint density at radius 1 is 1.00 bits per heavy atom. The monoisotopic (exact) mass is 232 g/mol. The Labute approximate surface area is 100 Å². The molecule has 1 fully saturated rings. The first-order chi connectivity index (χ1) is 6.74. The van der Waals surface area contributed by atoms with Gasteiger partial charge in [0.2, 0.25) is 0 Å². The lowest BCUT2D eigenvalue weighted by molar-refractivity contribution is 0.342. The Morgan fingerprint density at radius 2 is 1.79 bits per heavy atom. The molecule has 3 atom stereocenters. The fourth-order valence-electron chi connectivity index (χ4n) is 2.34. The van der Waals surface area contributed by atoms with Gasteiger partial charge in [-0.3, -0.25) is 0 Å². The van der Waals surface area contributed by atoms with Crippen LogP contribution in [0, 0.1) is 5.92 Å². The fourth-order valence-corrected chi connectivity index (χ4v) is 3.06. The summed E-state index contributed by atoms with van der Waals surface area (Å²) in [5.74, 6) is 0.942. The summed E-state index contributed by atoms with van der Waals surface area (Å²) in [7, 11) is 0. The number of hydrogen-bond donors (Lipinski definition) is 2. The smallest absolute Gasteiger partial charge is 0.0136 e. The largest absolute Gasteiger partial charge is 0.175 e. The summed E-state index contributed by atoms with van der Waals surface area (Å²) in [4.78, 5) is 0. The standard InChI is InChI=1S/C12H24S2/c1-2-3-4-5-6-10-7-8-11(13)12(14)9-10/h10-14H,2-9H2,1H3. The molecule has 0 aliphatic heterocycles. The van der Waals surface area contributed by atoms with Crippen LogP contribution in [0.2, 0.25) is 0 Å². The zero-order chi connectivity index (χ0) is 10.4. The highest BCUT2D eigenvalue weighted by Crippen LogP contribution is 2.33. The van der Waals surface area contributed by atoms with Crippen molar-refractivity contribution in [2.24, 2.45) is 5.92 Å². The Morgan fingerprint density at radius 3 is 2.43 bits per heavy atom. The lowest BCUT2D eigenvalue weighted by Crippen LogP contribution is -2.25. The molecule has 3 unspecified atom stereocenters. The molecule has 2 heteroatoms. The van der Waals surface area contributed by atoms with Gasteiger partial charge in [-0.1, -0.05) is 39.0 Å². The maximum atomic E-state index is 4.60. The van der Waals surface area contributed by atoms with Gasteiger partial charge >= 0.3 is 0 Å². The summed E-state index contributed by atoms with van der Waals surface area (Å²) >= 11 is 9.15. The molecule has 84 valence electrons. The van der Waals surface area contributed by atoms with Crippen LogP contribution >= 0.6 is 25.3 Å². The molecule has 0 spiro atoms. The van der Waals surface area contributed by atoms with Gasteiger partial charge in [0, 0.05) is 10.5 Å². The van der Waals surface area contributed by atoms with Crippen molar-refractivity contribution in [1.82, 2.24) is 0 Å². The van der Waals surface area contributed by atoms with E-state index in [0.717, 1.165) is 5.92 Å². The number of rotatable bonds is 5. The van der Waals surface area contributed by atoms with Gasteiger partial charge in [-0.15, -0.1) is 0 Å². The van der Waals surface area contributed by atoms with Crippen LogP contribution in [-0.4, -0.2) is 10.5 Å². The van der Waals surface area contributed by atoms with E-state index in [1.807, 2.05) is 0 Å². The molecule has 0 saturated heterocycles. The molecular formula is C12H24S2. The van der Waals surface area contributed by atoms with Gasteiger partial charge in [0.1, 0.15) is 0 Å². The topological polar surface area (TPSA) is 0 Å². The molecule has 1 saturated carbocycles. The van der Waals surface area contributed by atoms with Gasteiger partial charge in [-0.05, 0) is 25.2 Å². The summed E-state index contributed by atoms with van der Waals surface area (Å²) in [5.41, 5.74) is 0. The van der Waals surface area contributed by atoms with Gasteiger partial charge < -0.3 is 0 Å². The molecule has 1 aliphatic rings. The Kier molecular flexibility index (Phi) is 6.43. The maximum Gasteiger partial charge on any atom is 0.0136 e. The summed E-state index contributed by atoms with van der Waals surface area (Å²) in [6.07, 6.45) is 11.0.